The van der Waals surface area contributed by atoms with Crippen molar-refractivity contribution in [1.82, 2.24) is 5.06 Å². The van der Waals surface area contributed by atoms with Crippen molar-refractivity contribution < 1.29 is 32.8 Å². The van der Waals surface area contributed by atoms with E-state index in [1.165, 1.54) is 0 Å². The number of ether oxygens (including phenoxy) is 1. The van der Waals surface area contributed by atoms with E-state index in [-0.39, 0.29) is 32.4 Å². The molecule has 0 aliphatic carbocycles. The maximum absolute atomic E-state index is 13.7. The molecule has 0 fully saturated rings. The zero-order valence-corrected chi connectivity index (χ0v) is 22.4. The zero-order chi connectivity index (χ0) is 27.1. The molecule has 3 rings (SSSR count). The first-order valence-corrected chi connectivity index (χ1v) is 14.3. The minimum atomic E-state index is -3.67. The summed E-state index contributed by atoms with van der Waals surface area (Å²) in [7, 11) is -3.67. The van der Waals surface area contributed by atoms with Crippen molar-refractivity contribution in [3.8, 4) is 5.75 Å². The molecule has 0 saturated carbocycles. The molecule has 0 radical (unpaired) electrons. The number of amides is 1. The number of benzene rings is 3. The van der Waals surface area contributed by atoms with Crippen LogP contribution < -0.4 is 4.52 Å². The van der Waals surface area contributed by atoms with Gasteiger partial charge >= 0.3 is 13.6 Å². The van der Waals surface area contributed by atoms with Crippen LogP contribution in [0.5, 0.6) is 5.75 Å². The van der Waals surface area contributed by atoms with Crippen LogP contribution >= 0.6 is 7.60 Å². The fourth-order valence-corrected chi connectivity index (χ4v) is 5.18. The Balaban J connectivity index is 1.76. The van der Waals surface area contributed by atoms with Crippen LogP contribution in [0.2, 0.25) is 0 Å². The Morgan fingerprint density at radius 1 is 0.895 bits per heavy atom. The number of carbonyl (C=O) groups excluding carboxylic acids is 2. The van der Waals surface area contributed by atoms with Gasteiger partial charge in [-0.3, -0.25) is 14.2 Å². The van der Waals surface area contributed by atoms with E-state index in [4.69, 9.17) is 18.6 Å². The smallest absolute Gasteiger partial charge is 0.379 e. The van der Waals surface area contributed by atoms with Gasteiger partial charge in [-0.2, -0.15) is 0 Å². The van der Waals surface area contributed by atoms with Crippen LogP contribution in [0.1, 0.15) is 37.3 Å². The highest BCUT2D eigenvalue weighted by Crippen LogP contribution is 2.49. The van der Waals surface area contributed by atoms with E-state index in [1.807, 2.05) is 73.7 Å². The second-order valence-electron chi connectivity index (χ2n) is 8.55. The lowest BCUT2D eigenvalue weighted by atomic mass is 10.2. The molecular formula is C29H34NO7P. The summed E-state index contributed by atoms with van der Waals surface area (Å²) in [6.07, 6.45) is 1.79. The molecule has 0 bridgehead atoms. The molecule has 0 aliphatic rings. The van der Waals surface area contributed by atoms with Gasteiger partial charge in [0.05, 0.1) is 12.8 Å². The highest BCUT2D eigenvalue weighted by molar-refractivity contribution is 7.54. The molecule has 2 unspecified atom stereocenters. The zero-order valence-electron chi connectivity index (χ0n) is 21.5. The fourth-order valence-electron chi connectivity index (χ4n) is 3.50. The van der Waals surface area contributed by atoms with Crippen LogP contribution in [0.4, 0.5) is 0 Å². The lowest BCUT2D eigenvalue weighted by molar-refractivity contribution is -0.203. The Kier molecular flexibility index (Phi) is 12.0. The van der Waals surface area contributed by atoms with Gasteiger partial charge in [0.2, 0.25) is 6.41 Å². The van der Waals surface area contributed by atoms with E-state index in [2.05, 4.69) is 0 Å². The molecule has 0 saturated heterocycles. The molecule has 3 aromatic carbocycles. The summed E-state index contributed by atoms with van der Waals surface area (Å²) < 4.78 is 30.7. The summed E-state index contributed by atoms with van der Waals surface area (Å²) in [5, 5.41) is 0.916. The second-order valence-corrected chi connectivity index (χ2v) is 10.7. The normalized spacial score (nSPS) is 13.2. The fraction of sp³-hybridized carbons (Fsp3) is 0.310. The van der Waals surface area contributed by atoms with Crippen LogP contribution in [0.3, 0.4) is 0 Å². The van der Waals surface area contributed by atoms with Crippen molar-refractivity contribution in [3.05, 3.63) is 102 Å². The van der Waals surface area contributed by atoms with Crippen LogP contribution in [0.25, 0.3) is 0 Å². The summed E-state index contributed by atoms with van der Waals surface area (Å²) in [5.41, 5.74) is 1.61. The lowest BCUT2D eigenvalue weighted by Crippen LogP contribution is -2.42. The number of nitrogens with zero attached hydrogens (tertiary/aromatic N) is 1. The maximum Gasteiger partial charge on any atom is 0.379 e. The topological polar surface area (TPSA) is 91.4 Å². The van der Waals surface area contributed by atoms with E-state index in [0.29, 0.717) is 18.6 Å². The SMILES string of the molecule is CCCCOP(=O)(CCC(C(=O)OCc1ccccc1)N(C=O)OCc1ccccc1)Oc1ccccc1. The summed E-state index contributed by atoms with van der Waals surface area (Å²) in [4.78, 5) is 30.9. The van der Waals surface area contributed by atoms with E-state index in [1.54, 1.807) is 24.3 Å². The van der Waals surface area contributed by atoms with E-state index in [0.717, 1.165) is 22.6 Å². The van der Waals surface area contributed by atoms with Gasteiger partial charge in [-0.25, -0.2) is 14.4 Å². The quantitative estimate of drug-likeness (QED) is 0.0666. The van der Waals surface area contributed by atoms with E-state index < -0.39 is 19.6 Å². The standard InChI is InChI=1S/C29H34NO7P/c1-2-3-20-36-38(33,37-27-17-11-6-12-18-27)21-19-28(29(32)34-22-25-13-7-4-8-14-25)30(24-31)35-23-26-15-9-5-10-16-26/h4-18,24,28H,2-3,19-23H2,1H3. The molecule has 38 heavy (non-hydrogen) atoms. The summed E-state index contributed by atoms with van der Waals surface area (Å²) in [6, 6.07) is 26.0. The molecule has 9 heteroatoms. The molecule has 3 aromatic rings. The summed E-state index contributed by atoms with van der Waals surface area (Å²) in [5.74, 6) is -0.294. The average molecular weight is 540 g/mol. The largest absolute Gasteiger partial charge is 0.459 e. The third kappa shape index (κ3) is 9.78. The van der Waals surface area contributed by atoms with Gasteiger partial charge in [-0.05, 0) is 36.1 Å². The first-order chi connectivity index (χ1) is 18.5. The Morgan fingerprint density at radius 2 is 1.47 bits per heavy atom. The first kappa shape index (κ1) is 29.1. The van der Waals surface area contributed by atoms with Gasteiger partial charge in [0.25, 0.3) is 0 Å². The molecule has 1 amide bonds. The minimum absolute atomic E-state index is 0.0206. The van der Waals surface area contributed by atoms with Crippen LogP contribution in [-0.4, -0.2) is 36.3 Å². The number of hydrogen-bond donors (Lipinski definition) is 0. The molecule has 202 valence electrons. The van der Waals surface area contributed by atoms with E-state index >= 15 is 0 Å². The molecule has 0 spiro atoms. The number of rotatable bonds is 17. The van der Waals surface area contributed by atoms with Gasteiger partial charge in [-0.15, -0.1) is 0 Å². The Bertz CT molecular complexity index is 1150. The highest BCUT2D eigenvalue weighted by Gasteiger charge is 2.34. The number of para-hydroxylation sites is 1. The Hall–Kier alpha value is -3.45. The van der Waals surface area contributed by atoms with Gasteiger partial charge in [-0.1, -0.05) is 92.2 Å². The van der Waals surface area contributed by atoms with Crippen LogP contribution in [0.15, 0.2) is 91.0 Å². The molecular weight excluding hydrogens is 505 g/mol. The number of esters is 1. The van der Waals surface area contributed by atoms with Gasteiger partial charge in [0.1, 0.15) is 19.0 Å². The van der Waals surface area contributed by atoms with Crippen LogP contribution in [0, 0.1) is 0 Å². The highest BCUT2D eigenvalue weighted by atomic mass is 31.2. The average Bonchev–Trinajstić information content (AvgIpc) is 2.95. The monoisotopic (exact) mass is 539 g/mol. The molecule has 0 N–H and O–H groups in total. The van der Waals surface area contributed by atoms with Crippen molar-refractivity contribution >= 4 is 20.0 Å². The summed E-state index contributed by atoms with van der Waals surface area (Å²) in [6.45, 7) is 2.32. The van der Waals surface area contributed by atoms with Crippen molar-refractivity contribution in [2.45, 2.75) is 45.4 Å². The molecule has 0 aromatic heterocycles. The van der Waals surface area contributed by atoms with Gasteiger partial charge in [0.15, 0.2) is 6.04 Å². The molecule has 0 aliphatic heterocycles. The third-order valence-electron chi connectivity index (χ3n) is 5.58. The van der Waals surface area contributed by atoms with Crippen LogP contribution in [-0.2, 0) is 41.5 Å². The molecule has 2 atom stereocenters. The number of carbonyl (C=O) groups is 2. The molecule has 0 heterocycles. The second kappa shape index (κ2) is 15.7. The Labute approximate surface area is 224 Å². The molecule has 8 nitrogen and oxygen atoms in total. The van der Waals surface area contributed by atoms with Crippen molar-refractivity contribution in [3.63, 3.8) is 0 Å². The maximum atomic E-state index is 13.7. The predicted octanol–water partition coefficient (Wildman–Crippen LogP) is 6.17. The predicted molar refractivity (Wildman–Crippen MR) is 144 cm³/mol. The first-order valence-electron chi connectivity index (χ1n) is 12.6. The van der Waals surface area contributed by atoms with E-state index in [9.17, 15) is 14.2 Å². The Morgan fingerprint density at radius 3 is 2.05 bits per heavy atom. The number of hydrogen-bond acceptors (Lipinski definition) is 7. The van der Waals surface area contributed by atoms with Gasteiger partial charge < -0.3 is 9.26 Å². The minimum Gasteiger partial charge on any atom is -0.459 e. The summed E-state index contributed by atoms with van der Waals surface area (Å²) >= 11 is 0. The van der Waals surface area contributed by atoms with Gasteiger partial charge in [0, 0.05) is 0 Å². The third-order valence-corrected chi connectivity index (χ3v) is 7.45. The number of hydroxylamine groups is 2. The van der Waals surface area contributed by atoms with Crippen molar-refractivity contribution in [2.24, 2.45) is 0 Å². The lowest BCUT2D eigenvalue weighted by Gasteiger charge is -2.27. The van der Waals surface area contributed by atoms with Crippen molar-refractivity contribution in [2.75, 3.05) is 12.8 Å². The number of unbranched alkanes of at least 4 members (excludes halogenated alkanes) is 1. The van der Waals surface area contributed by atoms with Crippen molar-refractivity contribution in [1.29, 1.82) is 0 Å².